The molecule has 17 heavy (non-hydrogen) atoms. The Kier molecular flexibility index (Phi) is 4.33. The van der Waals surface area contributed by atoms with Crippen molar-refractivity contribution in [1.82, 2.24) is 20.4 Å². The Morgan fingerprint density at radius 2 is 1.94 bits per heavy atom. The van der Waals surface area contributed by atoms with Crippen LogP contribution in [0, 0.1) is 0 Å². The molecule has 0 saturated carbocycles. The van der Waals surface area contributed by atoms with E-state index in [0.29, 0.717) is 19.6 Å². The van der Waals surface area contributed by atoms with Crippen molar-refractivity contribution >= 4 is 11.8 Å². The third-order valence-corrected chi connectivity index (χ3v) is 3.18. The maximum absolute atomic E-state index is 12.0. The zero-order chi connectivity index (χ0) is 12.1. The summed E-state index contributed by atoms with van der Waals surface area (Å²) < 4.78 is 0. The molecule has 2 saturated heterocycles. The number of rotatable bonds is 2. The first-order valence-electron chi connectivity index (χ1n) is 6.23. The minimum Gasteiger partial charge on any atom is -0.354 e. The molecular weight excluding hydrogens is 220 g/mol. The quantitative estimate of drug-likeness (QED) is 0.600. The van der Waals surface area contributed by atoms with Crippen LogP contribution in [0.2, 0.25) is 0 Å². The maximum Gasteiger partial charge on any atom is 0.239 e. The van der Waals surface area contributed by atoms with Gasteiger partial charge in [-0.3, -0.25) is 14.5 Å². The van der Waals surface area contributed by atoms with Crippen molar-refractivity contribution < 1.29 is 9.59 Å². The second-order valence-corrected chi connectivity index (χ2v) is 4.54. The van der Waals surface area contributed by atoms with Gasteiger partial charge >= 0.3 is 0 Å². The molecule has 6 nitrogen and oxygen atoms in total. The second-order valence-electron chi connectivity index (χ2n) is 4.54. The van der Waals surface area contributed by atoms with Crippen LogP contribution in [0.3, 0.4) is 0 Å². The first-order chi connectivity index (χ1) is 8.25. The van der Waals surface area contributed by atoms with E-state index in [1.165, 1.54) is 0 Å². The summed E-state index contributed by atoms with van der Waals surface area (Å²) in [6.07, 6.45) is 0.846. The molecule has 0 aromatic heterocycles. The molecule has 2 heterocycles. The zero-order valence-corrected chi connectivity index (χ0v) is 10.1. The largest absolute Gasteiger partial charge is 0.354 e. The van der Waals surface area contributed by atoms with E-state index >= 15 is 0 Å². The van der Waals surface area contributed by atoms with Crippen LogP contribution >= 0.6 is 0 Å². The average Bonchev–Trinajstić information content (AvgIpc) is 2.55. The lowest BCUT2D eigenvalue weighted by atomic mass is 10.3. The molecule has 0 unspecified atom stereocenters. The Bertz CT molecular complexity index is 289. The van der Waals surface area contributed by atoms with Crippen molar-refractivity contribution in [2.75, 3.05) is 52.4 Å². The first-order valence-corrected chi connectivity index (χ1v) is 6.23. The summed E-state index contributed by atoms with van der Waals surface area (Å²) in [5.41, 5.74) is 0. The van der Waals surface area contributed by atoms with E-state index < -0.39 is 0 Å². The lowest BCUT2D eigenvalue weighted by Crippen LogP contribution is -2.49. The number of hydrogen-bond donors (Lipinski definition) is 2. The van der Waals surface area contributed by atoms with E-state index in [0.717, 1.165) is 32.6 Å². The van der Waals surface area contributed by atoms with Gasteiger partial charge in [-0.15, -0.1) is 0 Å². The lowest BCUT2D eigenvalue weighted by Gasteiger charge is -2.29. The van der Waals surface area contributed by atoms with E-state index in [1.807, 2.05) is 0 Å². The third-order valence-electron chi connectivity index (χ3n) is 3.18. The van der Waals surface area contributed by atoms with E-state index in [9.17, 15) is 9.59 Å². The normalized spacial score (nSPS) is 23.1. The lowest BCUT2D eigenvalue weighted by molar-refractivity contribution is -0.136. The summed E-state index contributed by atoms with van der Waals surface area (Å²) in [6, 6.07) is 0. The van der Waals surface area contributed by atoms with Crippen LogP contribution in [-0.2, 0) is 9.59 Å². The summed E-state index contributed by atoms with van der Waals surface area (Å²) in [7, 11) is 0. The molecule has 6 heteroatoms. The van der Waals surface area contributed by atoms with Gasteiger partial charge in [0, 0.05) is 39.3 Å². The van der Waals surface area contributed by atoms with E-state index in [4.69, 9.17) is 0 Å². The van der Waals surface area contributed by atoms with E-state index in [-0.39, 0.29) is 18.4 Å². The molecule has 2 N–H and O–H groups in total. The molecule has 0 aliphatic carbocycles. The van der Waals surface area contributed by atoms with Gasteiger partial charge in [0.2, 0.25) is 11.8 Å². The van der Waals surface area contributed by atoms with Gasteiger partial charge in [0.1, 0.15) is 0 Å². The fraction of sp³-hybridized carbons (Fsp3) is 0.818. The number of nitrogens with one attached hydrogen (secondary N) is 2. The molecule has 2 fully saturated rings. The van der Waals surface area contributed by atoms with Gasteiger partial charge in [-0.05, 0) is 6.42 Å². The molecule has 2 amide bonds. The highest BCUT2D eigenvalue weighted by atomic mass is 16.2. The number of carbonyl (C=O) groups is 2. The minimum absolute atomic E-state index is 0.0452. The van der Waals surface area contributed by atoms with Gasteiger partial charge in [0.05, 0.1) is 13.1 Å². The monoisotopic (exact) mass is 240 g/mol. The molecular formula is C11H20N4O2. The Balaban J connectivity index is 1.82. The Labute approximate surface area is 101 Å². The first kappa shape index (κ1) is 12.3. The van der Waals surface area contributed by atoms with Crippen molar-refractivity contribution in [1.29, 1.82) is 0 Å². The number of carbonyl (C=O) groups excluding carboxylic acids is 2. The summed E-state index contributed by atoms with van der Waals surface area (Å²) in [6.45, 7) is 5.71. The number of hydrogen-bond acceptors (Lipinski definition) is 4. The summed E-state index contributed by atoms with van der Waals surface area (Å²) in [4.78, 5) is 27.2. The van der Waals surface area contributed by atoms with Crippen LogP contribution in [0.5, 0.6) is 0 Å². The van der Waals surface area contributed by atoms with Gasteiger partial charge in [-0.25, -0.2) is 0 Å². The van der Waals surface area contributed by atoms with Crippen LogP contribution in [0.25, 0.3) is 0 Å². The maximum atomic E-state index is 12.0. The van der Waals surface area contributed by atoms with Crippen molar-refractivity contribution in [3.8, 4) is 0 Å². The van der Waals surface area contributed by atoms with Crippen LogP contribution in [0.4, 0.5) is 0 Å². The molecule has 0 atom stereocenters. The van der Waals surface area contributed by atoms with Crippen LogP contribution in [0.15, 0.2) is 0 Å². The predicted octanol–water partition coefficient (Wildman–Crippen LogP) is -1.76. The van der Waals surface area contributed by atoms with Crippen molar-refractivity contribution in [2.45, 2.75) is 6.42 Å². The number of piperazine rings is 1. The second kappa shape index (κ2) is 5.97. The fourth-order valence-corrected chi connectivity index (χ4v) is 2.18. The van der Waals surface area contributed by atoms with Gasteiger partial charge in [0.25, 0.3) is 0 Å². The number of amides is 2. The minimum atomic E-state index is -0.0452. The predicted molar refractivity (Wildman–Crippen MR) is 63.5 cm³/mol. The molecule has 0 aromatic rings. The van der Waals surface area contributed by atoms with E-state index in [1.54, 1.807) is 4.90 Å². The van der Waals surface area contributed by atoms with E-state index in [2.05, 4.69) is 15.5 Å². The van der Waals surface area contributed by atoms with Crippen molar-refractivity contribution in [3.63, 3.8) is 0 Å². The standard InChI is InChI=1S/C11H20N4O2/c16-10-8-15(5-1-2-13-10)11(17)9-14-6-3-12-4-7-14/h12H,1-9H2,(H,13,16). The van der Waals surface area contributed by atoms with Gasteiger partial charge in [-0.2, -0.15) is 0 Å². The Morgan fingerprint density at radius 3 is 2.71 bits per heavy atom. The summed E-state index contributed by atoms with van der Waals surface area (Å²) >= 11 is 0. The zero-order valence-electron chi connectivity index (χ0n) is 10.1. The SMILES string of the molecule is O=C1CN(C(=O)CN2CCNCC2)CCCN1. The molecule has 2 aliphatic rings. The smallest absolute Gasteiger partial charge is 0.239 e. The van der Waals surface area contributed by atoms with Crippen LogP contribution < -0.4 is 10.6 Å². The summed E-state index contributed by atoms with van der Waals surface area (Å²) in [5, 5.41) is 6.03. The van der Waals surface area contributed by atoms with Gasteiger partial charge < -0.3 is 15.5 Å². The summed E-state index contributed by atoms with van der Waals surface area (Å²) in [5.74, 6) is 0.0279. The van der Waals surface area contributed by atoms with Gasteiger partial charge in [-0.1, -0.05) is 0 Å². The molecule has 0 aromatic carbocycles. The van der Waals surface area contributed by atoms with Crippen molar-refractivity contribution in [3.05, 3.63) is 0 Å². The highest BCUT2D eigenvalue weighted by molar-refractivity contribution is 5.86. The molecule has 0 radical (unpaired) electrons. The average molecular weight is 240 g/mol. The Hall–Kier alpha value is -1.14. The Morgan fingerprint density at radius 1 is 1.18 bits per heavy atom. The number of nitrogens with zero attached hydrogens (tertiary/aromatic N) is 2. The van der Waals surface area contributed by atoms with Crippen LogP contribution in [-0.4, -0.2) is 74.0 Å². The fourth-order valence-electron chi connectivity index (χ4n) is 2.18. The molecule has 0 bridgehead atoms. The topological polar surface area (TPSA) is 64.7 Å². The molecule has 96 valence electrons. The van der Waals surface area contributed by atoms with Gasteiger partial charge in [0.15, 0.2) is 0 Å². The molecule has 0 spiro atoms. The molecule has 2 rings (SSSR count). The highest BCUT2D eigenvalue weighted by Gasteiger charge is 2.22. The van der Waals surface area contributed by atoms with Crippen LogP contribution in [0.1, 0.15) is 6.42 Å². The molecule has 2 aliphatic heterocycles. The third kappa shape index (κ3) is 3.67. The van der Waals surface area contributed by atoms with Crippen molar-refractivity contribution in [2.24, 2.45) is 0 Å². The highest BCUT2D eigenvalue weighted by Crippen LogP contribution is 2.00.